The summed E-state index contributed by atoms with van der Waals surface area (Å²) in [5, 5.41) is 0. The Hall–Kier alpha value is -0.160. The van der Waals surface area contributed by atoms with E-state index in [-0.39, 0.29) is 0 Å². The number of rotatable bonds is 11. The Kier molecular flexibility index (Phi) is 7.04. The fourth-order valence-electron chi connectivity index (χ4n) is 2.02. The molecule has 17 heavy (non-hydrogen) atoms. The minimum Gasteiger partial charge on any atom is -0.380 e. The van der Waals surface area contributed by atoms with E-state index in [0.29, 0.717) is 5.41 Å². The van der Waals surface area contributed by atoms with Crippen molar-refractivity contribution in [1.82, 2.24) is 4.90 Å². The van der Waals surface area contributed by atoms with Gasteiger partial charge in [-0.05, 0) is 38.6 Å². The van der Waals surface area contributed by atoms with E-state index in [0.717, 1.165) is 52.6 Å². The summed E-state index contributed by atoms with van der Waals surface area (Å²) >= 11 is 0. The third-order valence-corrected chi connectivity index (χ3v) is 3.46. The lowest BCUT2D eigenvalue weighted by Crippen LogP contribution is -2.38. The molecule has 0 heterocycles. The minimum atomic E-state index is 0.401. The molecule has 1 saturated carbocycles. The average Bonchev–Trinajstić information content (AvgIpc) is 3.10. The van der Waals surface area contributed by atoms with E-state index in [1.165, 1.54) is 12.8 Å². The summed E-state index contributed by atoms with van der Waals surface area (Å²) in [6, 6.07) is 0. The van der Waals surface area contributed by atoms with Gasteiger partial charge in [-0.2, -0.15) is 0 Å². The third-order valence-electron chi connectivity index (χ3n) is 3.46. The zero-order valence-electron chi connectivity index (χ0n) is 11.4. The molecule has 0 amide bonds. The first-order valence-electron chi connectivity index (χ1n) is 6.84. The second-order valence-electron chi connectivity index (χ2n) is 4.87. The molecule has 102 valence electrons. The highest BCUT2D eigenvalue weighted by Crippen LogP contribution is 2.44. The summed E-state index contributed by atoms with van der Waals surface area (Å²) in [7, 11) is 0. The Bertz CT molecular complexity index is 186. The number of hydrogen-bond donors (Lipinski definition) is 1. The molecule has 0 unspecified atom stereocenters. The lowest BCUT2D eigenvalue weighted by molar-refractivity contribution is 0.0740. The van der Waals surface area contributed by atoms with Gasteiger partial charge in [0.1, 0.15) is 0 Å². The molecular weight excluding hydrogens is 216 g/mol. The van der Waals surface area contributed by atoms with Crippen LogP contribution in [0.15, 0.2) is 0 Å². The van der Waals surface area contributed by atoms with E-state index in [9.17, 15) is 0 Å². The summed E-state index contributed by atoms with van der Waals surface area (Å²) in [5.74, 6) is 0. The zero-order valence-corrected chi connectivity index (χ0v) is 11.4. The Morgan fingerprint density at radius 1 is 1.06 bits per heavy atom. The van der Waals surface area contributed by atoms with E-state index in [4.69, 9.17) is 15.2 Å². The molecular formula is C13H28N2O2. The topological polar surface area (TPSA) is 47.7 Å². The van der Waals surface area contributed by atoms with Gasteiger partial charge < -0.3 is 15.2 Å². The van der Waals surface area contributed by atoms with Gasteiger partial charge >= 0.3 is 0 Å². The monoisotopic (exact) mass is 244 g/mol. The fourth-order valence-corrected chi connectivity index (χ4v) is 2.02. The van der Waals surface area contributed by atoms with Crippen LogP contribution in [0.2, 0.25) is 0 Å². The molecule has 0 atom stereocenters. The van der Waals surface area contributed by atoms with Crippen LogP contribution in [0.25, 0.3) is 0 Å². The van der Waals surface area contributed by atoms with Gasteiger partial charge in [0, 0.05) is 32.8 Å². The van der Waals surface area contributed by atoms with Crippen LogP contribution < -0.4 is 5.73 Å². The lowest BCUT2D eigenvalue weighted by atomic mass is 10.1. The van der Waals surface area contributed by atoms with Crippen molar-refractivity contribution in [3.8, 4) is 0 Å². The number of ether oxygens (including phenoxy) is 2. The number of hydrogen-bond acceptors (Lipinski definition) is 4. The van der Waals surface area contributed by atoms with Crippen LogP contribution in [0.1, 0.15) is 26.7 Å². The van der Waals surface area contributed by atoms with Crippen LogP contribution in [-0.4, -0.2) is 57.5 Å². The van der Waals surface area contributed by atoms with Crippen molar-refractivity contribution in [3.63, 3.8) is 0 Å². The lowest BCUT2D eigenvalue weighted by Gasteiger charge is -2.26. The van der Waals surface area contributed by atoms with Gasteiger partial charge in [-0.15, -0.1) is 0 Å². The minimum absolute atomic E-state index is 0.401. The summed E-state index contributed by atoms with van der Waals surface area (Å²) in [5.41, 5.74) is 6.24. The standard InChI is InChI=1S/C13H28N2O2/c1-3-16-9-7-15(8-10-17-4-2)12-13(11-14)5-6-13/h3-12,14H2,1-2H3. The molecule has 0 aromatic rings. The van der Waals surface area contributed by atoms with E-state index >= 15 is 0 Å². The predicted octanol–water partition coefficient (Wildman–Crippen LogP) is 1.10. The molecule has 0 saturated heterocycles. The summed E-state index contributed by atoms with van der Waals surface area (Å²) in [6.07, 6.45) is 2.56. The van der Waals surface area contributed by atoms with Gasteiger partial charge in [0.05, 0.1) is 13.2 Å². The van der Waals surface area contributed by atoms with Gasteiger partial charge in [0.25, 0.3) is 0 Å². The highest BCUT2D eigenvalue weighted by Gasteiger charge is 2.42. The third kappa shape index (κ3) is 5.82. The van der Waals surface area contributed by atoms with Crippen LogP contribution >= 0.6 is 0 Å². The van der Waals surface area contributed by atoms with Crippen LogP contribution in [0.5, 0.6) is 0 Å². The second-order valence-corrected chi connectivity index (χ2v) is 4.87. The van der Waals surface area contributed by atoms with Crippen molar-refractivity contribution in [2.75, 3.05) is 52.6 Å². The summed E-state index contributed by atoms with van der Waals surface area (Å²) in [6.45, 7) is 11.2. The first-order chi connectivity index (χ1) is 8.26. The molecule has 2 N–H and O–H groups in total. The molecule has 4 heteroatoms. The van der Waals surface area contributed by atoms with Crippen LogP contribution in [0.4, 0.5) is 0 Å². The maximum Gasteiger partial charge on any atom is 0.0593 e. The largest absolute Gasteiger partial charge is 0.380 e. The number of nitrogens with two attached hydrogens (primary N) is 1. The Labute approximate surface area is 105 Å². The van der Waals surface area contributed by atoms with E-state index < -0.39 is 0 Å². The average molecular weight is 244 g/mol. The van der Waals surface area contributed by atoms with Gasteiger partial charge in [-0.1, -0.05) is 0 Å². The van der Waals surface area contributed by atoms with Crippen molar-refractivity contribution in [3.05, 3.63) is 0 Å². The highest BCUT2D eigenvalue weighted by atomic mass is 16.5. The first-order valence-corrected chi connectivity index (χ1v) is 6.84. The highest BCUT2D eigenvalue weighted by molar-refractivity contribution is 4.96. The van der Waals surface area contributed by atoms with E-state index in [2.05, 4.69) is 4.90 Å². The molecule has 0 aromatic heterocycles. The van der Waals surface area contributed by atoms with Crippen LogP contribution in [-0.2, 0) is 9.47 Å². The van der Waals surface area contributed by atoms with Crippen molar-refractivity contribution in [2.45, 2.75) is 26.7 Å². The molecule has 1 rings (SSSR count). The van der Waals surface area contributed by atoms with Crippen LogP contribution in [0, 0.1) is 5.41 Å². The molecule has 4 nitrogen and oxygen atoms in total. The molecule has 1 aliphatic carbocycles. The van der Waals surface area contributed by atoms with Crippen molar-refractivity contribution >= 4 is 0 Å². The number of nitrogens with zero attached hydrogens (tertiary/aromatic N) is 1. The van der Waals surface area contributed by atoms with E-state index in [1.54, 1.807) is 0 Å². The van der Waals surface area contributed by atoms with E-state index in [1.807, 2.05) is 13.8 Å². The van der Waals surface area contributed by atoms with Gasteiger partial charge in [-0.3, -0.25) is 4.90 Å². The van der Waals surface area contributed by atoms with Gasteiger partial charge in [-0.25, -0.2) is 0 Å². The fraction of sp³-hybridized carbons (Fsp3) is 1.00. The molecule has 0 radical (unpaired) electrons. The summed E-state index contributed by atoms with van der Waals surface area (Å²) in [4.78, 5) is 2.44. The molecule has 0 aromatic carbocycles. The molecule has 1 fully saturated rings. The smallest absolute Gasteiger partial charge is 0.0593 e. The SMILES string of the molecule is CCOCCN(CCOCC)CC1(CN)CC1. The molecule has 0 spiro atoms. The maximum atomic E-state index is 5.84. The van der Waals surface area contributed by atoms with Gasteiger partial charge in [0.15, 0.2) is 0 Å². The Balaban J connectivity index is 2.24. The van der Waals surface area contributed by atoms with Crippen molar-refractivity contribution < 1.29 is 9.47 Å². The zero-order chi connectivity index (χ0) is 12.6. The normalized spacial score (nSPS) is 17.6. The second kappa shape index (κ2) is 8.03. The Morgan fingerprint density at radius 2 is 1.59 bits per heavy atom. The predicted molar refractivity (Wildman–Crippen MR) is 70.1 cm³/mol. The molecule has 0 bridgehead atoms. The quantitative estimate of drug-likeness (QED) is 0.553. The Morgan fingerprint density at radius 3 is 1.94 bits per heavy atom. The maximum absolute atomic E-state index is 5.84. The van der Waals surface area contributed by atoms with Crippen LogP contribution in [0.3, 0.4) is 0 Å². The van der Waals surface area contributed by atoms with Gasteiger partial charge in [0.2, 0.25) is 0 Å². The van der Waals surface area contributed by atoms with Crippen molar-refractivity contribution in [1.29, 1.82) is 0 Å². The molecule has 0 aliphatic heterocycles. The first kappa shape index (κ1) is 14.9. The summed E-state index contributed by atoms with van der Waals surface area (Å²) < 4.78 is 10.9. The molecule has 1 aliphatic rings. The van der Waals surface area contributed by atoms with Crippen molar-refractivity contribution in [2.24, 2.45) is 11.1 Å².